The fourth-order valence-electron chi connectivity index (χ4n) is 1.81. The van der Waals surface area contributed by atoms with Crippen LogP contribution in [0.3, 0.4) is 0 Å². The third kappa shape index (κ3) is 2.55. The van der Waals surface area contributed by atoms with E-state index in [2.05, 4.69) is 31.1 Å². The molecule has 0 bridgehead atoms. The zero-order valence-electron chi connectivity index (χ0n) is 10.2. The normalized spacial score (nSPS) is 19.1. The van der Waals surface area contributed by atoms with Crippen LogP contribution in [0.2, 0.25) is 0 Å². The molecule has 2 rings (SSSR count). The fraction of sp³-hybridized carbons (Fsp3) is 0.750. The van der Waals surface area contributed by atoms with E-state index in [9.17, 15) is 5.11 Å². The monoisotopic (exact) mass is 240 g/mol. The minimum absolute atomic E-state index is 0.113. The van der Waals surface area contributed by atoms with Crippen LogP contribution in [0.25, 0.3) is 0 Å². The molecule has 0 unspecified atom stereocenters. The minimum Gasteiger partial charge on any atom is -0.393 e. The molecule has 1 saturated heterocycles. The summed E-state index contributed by atoms with van der Waals surface area (Å²) in [6.07, 6.45) is 1.62. The standard InChI is InChI=1S/C12H20N2OS/c1-12(2,3)10-8-16-11(13-10)14-6-4-9(15)5-7-14/h8-9,15H,4-7H2,1-3H3. The van der Waals surface area contributed by atoms with E-state index in [1.165, 1.54) is 5.69 Å². The lowest BCUT2D eigenvalue weighted by Crippen LogP contribution is -2.35. The molecule has 1 N–H and O–H groups in total. The van der Waals surface area contributed by atoms with Gasteiger partial charge in [-0.15, -0.1) is 11.3 Å². The number of aromatic nitrogens is 1. The summed E-state index contributed by atoms with van der Waals surface area (Å²) < 4.78 is 0. The van der Waals surface area contributed by atoms with Gasteiger partial charge >= 0.3 is 0 Å². The predicted octanol–water partition coefficient (Wildman–Crippen LogP) is 2.40. The first-order valence-electron chi connectivity index (χ1n) is 5.86. The number of aliphatic hydroxyl groups excluding tert-OH is 1. The van der Waals surface area contributed by atoms with E-state index in [4.69, 9.17) is 4.98 Å². The smallest absolute Gasteiger partial charge is 0.185 e. The summed E-state index contributed by atoms with van der Waals surface area (Å²) in [5.74, 6) is 0. The van der Waals surface area contributed by atoms with Gasteiger partial charge in [-0.3, -0.25) is 0 Å². The van der Waals surface area contributed by atoms with Crippen LogP contribution in [0.15, 0.2) is 5.38 Å². The molecule has 0 aromatic carbocycles. The molecule has 1 fully saturated rings. The lowest BCUT2D eigenvalue weighted by Gasteiger charge is -2.29. The molecule has 16 heavy (non-hydrogen) atoms. The summed E-state index contributed by atoms with van der Waals surface area (Å²) in [5.41, 5.74) is 1.29. The highest BCUT2D eigenvalue weighted by molar-refractivity contribution is 7.13. The molecule has 90 valence electrons. The lowest BCUT2D eigenvalue weighted by atomic mass is 9.93. The van der Waals surface area contributed by atoms with Gasteiger partial charge in [0.2, 0.25) is 0 Å². The largest absolute Gasteiger partial charge is 0.393 e. The molecule has 0 radical (unpaired) electrons. The second-order valence-electron chi connectivity index (χ2n) is 5.48. The number of aliphatic hydroxyl groups is 1. The van der Waals surface area contributed by atoms with E-state index in [-0.39, 0.29) is 11.5 Å². The van der Waals surface area contributed by atoms with Gasteiger partial charge in [0.1, 0.15) is 0 Å². The number of nitrogens with zero attached hydrogens (tertiary/aromatic N) is 2. The second-order valence-corrected chi connectivity index (χ2v) is 6.32. The molecule has 1 aromatic heterocycles. The quantitative estimate of drug-likeness (QED) is 0.819. The second kappa shape index (κ2) is 4.34. The van der Waals surface area contributed by atoms with E-state index in [0.717, 1.165) is 31.1 Å². The zero-order valence-corrected chi connectivity index (χ0v) is 11.0. The Morgan fingerprint density at radius 3 is 2.50 bits per heavy atom. The average molecular weight is 240 g/mol. The molecule has 1 aromatic rings. The van der Waals surface area contributed by atoms with Crippen molar-refractivity contribution in [2.24, 2.45) is 0 Å². The van der Waals surface area contributed by atoms with E-state index in [1.54, 1.807) is 11.3 Å². The third-order valence-corrected chi connectivity index (χ3v) is 3.90. The Balaban J connectivity index is 2.08. The van der Waals surface area contributed by atoms with Crippen molar-refractivity contribution in [2.75, 3.05) is 18.0 Å². The van der Waals surface area contributed by atoms with Crippen LogP contribution in [0.4, 0.5) is 5.13 Å². The average Bonchev–Trinajstić information content (AvgIpc) is 2.67. The SMILES string of the molecule is CC(C)(C)c1csc(N2CCC(O)CC2)n1. The Morgan fingerprint density at radius 2 is 2.00 bits per heavy atom. The van der Waals surface area contributed by atoms with Crippen molar-refractivity contribution in [2.45, 2.75) is 45.1 Å². The lowest BCUT2D eigenvalue weighted by molar-refractivity contribution is 0.145. The van der Waals surface area contributed by atoms with E-state index in [1.807, 2.05) is 0 Å². The van der Waals surface area contributed by atoms with Gasteiger partial charge in [-0.2, -0.15) is 0 Å². The summed E-state index contributed by atoms with van der Waals surface area (Å²) in [7, 11) is 0. The fourth-order valence-corrected chi connectivity index (χ4v) is 2.92. The summed E-state index contributed by atoms with van der Waals surface area (Å²) in [6.45, 7) is 8.42. The summed E-state index contributed by atoms with van der Waals surface area (Å²) in [6, 6.07) is 0. The first-order valence-corrected chi connectivity index (χ1v) is 6.74. The Morgan fingerprint density at radius 1 is 1.38 bits per heavy atom. The molecule has 0 saturated carbocycles. The number of anilines is 1. The predicted molar refractivity (Wildman–Crippen MR) is 68.3 cm³/mol. The number of hydrogen-bond acceptors (Lipinski definition) is 4. The van der Waals surface area contributed by atoms with E-state index < -0.39 is 0 Å². The third-order valence-electron chi connectivity index (χ3n) is 3.00. The van der Waals surface area contributed by atoms with Gasteiger partial charge < -0.3 is 10.0 Å². The van der Waals surface area contributed by atoms with Crippen LogP contribution in [0, 0.1) is 0 Å². The van der Waals surface area contributed by atoms with Crippen molar-refractivity contribution in [3.63, 3.8) is 0 Å². The molecule has 0 spiro atoms. The van der Waals surface area contributed by atoms with Crippen molar-refractivity contribution in [3.8, 4) is 0 Å². The van der Waals surface area contributed by atoms with Crippen molar-refractivity contribution < 1.29 is 5.11 Å². The van der Waals surface area contributed by atoms with Crippen LogP contribution in [-0.4, -0.2) is 29.3 Å². The summed E-state index contributed by atoms with van der Waals surface area (Å²) in [4.78, 5) is 6.98. The topological polar surface area (TPSA) is 36.4 Å². The summed E-state index contributed by atoms with van der Waals surface area (Å²) in [5, 5.41) is 12.7. The van der Waals surface area contributed by atoms with Crippen molar-refractivity contribution in [1.29, 1.82) is 0 Å². The Hall–Kier alpha value is -0.610. The molecule has 1 aliphatic rings. The van der Waals surface area contributed by atoms with Crippen molar-refractivity contribution in [1.82, 2.24) is 4.98 Å². The molecule has 0 aliphatic carbocycles. The first-order chi connectivity index (χ1) is 7.47. The number of thiazole rings is 1. The van der Waals surface area contributed by atoms with Gasteiger partial charge in [-0.1, -0.05) is 20.8 Å². The van der Waals surface area contributed by atoms with Gasteiger partial charge in [0.05, 0.1) is 11.8 Å². The van der Waals surface area contributed by atoms with Crippen LogP contribution < -0.4 is 4.90 Å². The Bertz CT molecular complexity index is 348. The van der Waals surface area contributed by atoms with Gasteiger partial charge in [0.15, 0.2) is 5.13 Å². The first kappa shape index (κ1) is 11.9. The molecule has 1 aliphatic heterocycles. The van der Waals surface area contributed by atoms with Crippen molar-refractivity contribution in [3.05, 3.63) is 11.1 Å². The maximum Gasteiger partial charge on any atom is 0.185 e. The van der Waals surface area contributed by atoms with Crippen LogP contribution in [-0.2, 0) is 5.41 Å². The molecular formula is C12H20N2OS. The number of rotatable bonds is 1. The van der Waals surface area contributed by atoms with E-state index >= 15 is 0 Å². The molecule has 0 amide bonds. The summed E-state index contributed by atoms with van der Waals surface area (Å²) >= 11 is 1.72. The van der Waals surface area contributed by atoms with Crippen molar-refractivity contribution >= 4 is 16.5 Å². The van der Waals surface area contributed by atoms with Gasteiger partial charge in [0.25, 0.3) is 0 Å². The maximum absolute atomic E-state index is 9.46. The van der Waals surface area contributed by atoms with Gasteiger partial charge in [-0.25, -0.2) is 4.98 Å². The minimum atomic E-state index is -0.113. The Kier molecular flexibility index (Phi) is 3.22. The van der Waals surface area contributed by atoms with Crippen LogP contribution >= 0.6 is 11.3 Å². The maximum atomic E-state index is 9.46. The highest BCUT2D eigenvalue weighted by Gasteiger charge is 2.22. The highest BCUT2D eigenvalue weighted by Crippen LogP contribution is 2.29. The van der Waals surface area contributed by atoms with E-state index in [0.29, 0.717) is 0 Å². The zero-order chi connectivity index (χ0) is 11.8. The van der Waals surface area contributed by atoms with Crippen LogP contribution in [0.5, 0.6) is 0 Å². The molecular weight excluding hydrogens is 220 g/mol. The molecule has 4 heteroatoms. The molecule has 0 atom stereocenters. The number of hydrogen-bond donors (Lipinski definition) is 1. The molecule has 3 nitrogen and oxygen atoms in total. The van der Waals surface area contributed by atoms with Gasteiger partial charge in [0, 0.05) is 23.9 Å². The highest BCUT2D eigenvalue weighted by atomic mass is 32.1. The van der Waals surface area contributed by atoms with Gasteiger partial charge in [-0.05, 0) is 12.8 Å². The Labute approximate surface area is 101 Å². The van der Waals surface area contributed by atoms with Crippen LogP contribution in [0.1, 0.15) is 39.3 Å². The molecule has 2 heterocycles. The number of piperidine rings is 1.